The van der Waals surface area contributed by atoms with Crippen LogP contribution in [0.4, 0.5) is 0 Å². The Labute approximate surface area is 186 Å². The predicted octanol–water partition coefficient (Wildman–Crippen LogP) is 1.64. The van der Waals surface area contributed by atoms with Crippen molar-refractivity contribution in [1.82, 2.24) is 20.1 Å². The molecule has 3 aromatic rings. The van der Waals surface area contributed by atoms with Crippen molar-refractivity contribution in [2.75, 3.05) is 26.7 Å². The Balaban J connectivity index is 1.39. The van der Waals surface area contributed by atoms with E-state index in [1.165, 1.54) is 4.57 Å². The van der Waals surface area contributed by atoms with Crippen LogP contribution in [0.2, 0.25) is 0 Å². The van der Waals surface area contributed by atoms with Crippen molar-refractivity contribution in [2.45, 2.75) is 24.9 Å². The van der Waals surface area contributed by atoms with Gasteiger partial charge < -0.3 is 20.0 Å². The number of nitrogens with one attached hydrogen (secondary N) is 2. The normalized spacial score (nSPS) is 17.7. The van der Waals surface area contributed by atoms with Crippen LogP contribution in [0.5, 0.6) is 0 Å². The SMILES string of the molecule is CN1CCNC(CC(=O)N[C@H](C#N)Cc2ccc(-c3ccc4oc(=O)n(C)c4c3)cc2)C1. The lowest BCUT2D eigenvalue weighted by Crippen LogP contribution is -2.51. The van der Waals surface area contributed by atoms with E-state index in [0.29, 0.717) is 18.4 Å². The molecule has 0 radical (unpaired) electrons. The zero-order valence-corrected chi connectivity index (χ0v) is 18.3. The summed E-state index contributed by atoms with van der Waals surface area (Å²) in [5, 5.41) is 15.7. The number of likely N-dealkylation sites (N-methyl/N-ethyl adjacent to an activating group) is 1. The first-order valence-corrected chi connectivity index (χ1v) is 10.7. The lowest BCUT2D eigenvalue weighted by Gasteiger charge is -2.30. The van der Waals surface area contributed by atoms with Crippen molar-refractivity contribution in [3.05, 3.63) is 58.6 Å². The van der Waals surface area contributed by atoms with Gasteiger partial charge in [-0.05, 0) is 35.9 Å². The fourth-order valence-electron chi connectivity index (χ4n) is 4.11. The number of nitrogens with zero attached hydrogens (tertiary/aromatic N) is 3. The Bertz CT molecular complexity index is 1210. The number of hydrogen-bond acceptors (Lipinski definition) is 6. The molecule has 8 nitrogen and oxygen atoms in total. The van der Waals surface area contributed by atoms with E-state index in [9.17, 15) is 14.9 Å². The largest absolute Gasteiger partial charge is 0.419 e. The molecule has 0 spiro atoms. The molecule has 1 aliphatic heterocycles. The van der Waals surface area contributed by atoms with Crippen LogP contribution in [-0.2, 0) is 18.3 Å². The minimum Gasteiger partial charge on any atom is -0.408 e. The maximum atomic E-state index is 12.4. The molecule has 2 aromatic carbocycles. The molecule has 2 N–H and O–H groups in total. The highest BCUT2D eigenvalue weighted by molar-refractivity contribution is 5.80. The van der Waals surface area contributed by atoms with Crippen molar-refractivity contribution in [2.24, 2.45) is 7.05 Å². The minimum absolute atomic E-state index is 0.111. The zero-order chi connectivity index (χ0) is 22.7. The van der Waals surface area contributed by atoms with E-state index in [1.807, 2.05) is 43.4 Å². The molecular weight excluding hydrogens is 406 g/mol. The quantitative estimate of drug-likeness (QED) is 0.613. The molecule has 8 heteroatoms. The Morgan fingerprint density at radius 1 is 1.25 bits per heavy atom. The molecule has 1 fully saturated rings. The van der Waals surface area contributed by atoms with Crippen LogP contribution in [-0.4, -0.2) is 54.1 Å². The summed E-state index contributed by atoms with van der Waals surface area (Å²) in [6.07, 6.45) is 0.802. The lowest BCUT2D eigenvalue weighted by atomic mass is 10.0. The summed E-state index contributed by atoms with van der Waals surface area (Å²) in [7, 11) is 3.72. The smallest absolute Gasteiger partial charge is 0.408 e. The first-order valence-electron chi connectivity index (χ1n) is 10.7. The number of carbonyl (C=O) groups is 1. The van der Waals surface area contributed by atoms with Crippen molar-refractivity contribution < 1.29 is 9.21 Å². The van der Waals surface area contributed by atoms with Gasteiger partial charge in [-0.3, -0.25) is 9.36 Å². The Hall–Kier alpha value is -3.41. The molecule has 4 rings (SSSR count). The zero-order valence-electron chi connectivity index (χ0n) is 18.3. The van der Waals surface area contributed by atoms with Crippen LogP contribution >= 0.6 is 0 Å². The second kappa shape index (κ2) is 9.39. The van der Waals surface area contributed by atoms with Crippen LogP contribution in [0.15, 0.2) is 51.7 Å². The highest BCUT2D eigenvalue weighted by atomic mass is 16.4. The van der Waals surface area contributed by atoms with Gasteiger partial charge in [0.15, 0.2) is 5.58 Å². The third-order valence-electron chi connectivity index (χ3n) is 5.90. The van der Waals surface area contributed by atoms with Crippen molar-refractivity contribution in [1.29, 1.82) is 5.26 Å². The summed E-state index contributed by atoms with van der Waals surface area (Å²) in [6.45, 7) is 2.67. The second-order valence-corrected chi connectivity index (χ2v) is 8.38. The van der Waals surface area contributed by atoms with Crippen molar-refractivity contribution >= 4 is 17.0 Å². The molecule has 0 aliphatic carbocycles. The van der Waals surface area contributed by atoms with Gasteiger partial charge in [0.2, 0.25) is 5.91 Å². The molecule has 1 saturated heterocycles. The average molecular weight is 434 g/mol. The number of aromatic nitrogens is 1. The fourth-order valence-corrected chi connectivity index (χ4v) is 4.11. The van der Waals surface area contributed by atoms with Gasteiger partial charge in [-0.1, -0.05) is 30.3 Å². The van der Waals surface area contributed by atoms with Gasteiger partial charge in [-0.2, -0.15) is 5.26 Å². The highest BCUT2D eigenvalue weighted by Gasteiger charge is 2.21. The Kier molecular flexibility index (Phi) is 6.40. The van der Waals surface area contributed by atoms with Crippen molar-refractivity contribution in [3.63, 3.8) is 0 Å². The highest BCUT2D eigenvalue weighted by Crippen LogP contribution is 2.24. The molecular formula is C24H27N5O3. The van der Waals surface area contributed by atoms with Gasteiger partial charge in [-0.15, -0.1) is 0 Å². The first-order chi connectivity index (χ1) is 15.4. The summed E-state index contributed by atoms with van der Waals surface area (Å²) in [5.74, 6) is -0.497. The third-order valence-corrected chi connectivity index (χ3v) is 5.90. The molecule has 166 valence electrons. The maximum absolute atomic E-state index is 12.4. The number of carbonyl (C=O) groups excluding carboxylic acids is 1. The first kappa shape index (κ1) is 21.8. The van der Waals surface area contributed by atoms with E-state index in [0.717, 1.165) is 41.8 Å². The number of piperazine rings is 1. The fraction of sp³-hybridized carbons (Fsp3) is 0.375. The molecule has 2 atom stereocenters. The summed E-state index contributed by atoms with van der Waals surface area (Å²) in [5.41, 5.74) is 4.22. The molecule has 0 bridgehead atoms. The van der Waals surface area contributed by atoms with Gasteiger partial charge >= 0.3 is 5.76 Å². The number of rotatable bonds is 6. The number of hydrogen-bond donors (Lipinski definition) is 2. The van der Waals surface area contributed by atoms with Gasteiger partial charge in [-0.25, -0.2) is 4.79 Å². The van der Waals surface area contributed by atoms with Crippen molar-refractivity contribution in [3.8, 4) is 17.2 Å². The molecule has 1 unspecified atom stereocenters. The third kappa shape index (κ3) is 4.90. The van der Waals surface area contributed by atoms with Crippen LogP contribution < -0.4 is 16.4 Å². The number of aryl methyl sites for hydroxylation is 1. The predicted molar refractivity (Wildman–Crippen MR) is 122 cm³/mol. The number of fused-ring (bicyclic) bond motifs is 1. The number of benzene rings is 2. The van der Waals surface area contributed by atoms with E-state index in [2.05, 4.69) is 21.6 Å². The number of oxazole rings is 1. The van der Waals surface area contributed by atoms with Gasteiger partial charge in [0.05, 0.1) is 11.6 Å². The van der Waals surface area contributed by atoms with E-state index in [-0.39, 0.29) is 17.7 Å². The maximum Gasteiger partial charge on any atom is 0.419 e. The summed E-state index contributed by atoms with van der Waals surface area (Å²) in [4.78, 5) is 26.3. The number of nitriles is 1. The average Bonchev–Trinajstić information content (AvgIpc) is 3.07. The summed E-state index contributed by atoms with van der Waals surface area (Å²) >= 11 is 0. The lowest BCUT2D eigenvalue weighted by molar-refractivity contribution is -0.122. The second-order valence-electron chi connectivity index (χ2n) is 8.38. The molecule has 1 amide bonds. The van der Waals surface area contributed by atoms with Crippen LogP contribution in [0, 0.1) is 11.3 Å². The number of amides is 1. The van der Waals surface area contributed by atoms with E-state index in [4.69, 9.17) is 4.42 Å². The Morgan fingerprint density at radius 2 is 2.00 bits per heavy atom. The van der Waals surface area contributed by atoms with Crippen LogP contribution in [0.3, 0.4) is 0 Å². The standard InChI is InChI=1S/C24H27N5O3/c1-28-10-9-26-20(15-28)13-23(30)27-19(14-25)11-16-3-5-17(6-4-16)18-7-8-22-21(12-18)29(2)24(31)32-22/h3-8,12,19-20,26H,9-11,13,15H2,1-2H3,(H,27,30)/t19-,20?/m0/s1. The summed E-state index contributed by atoms with van der Waals surface area (Å²) in [6, 6.07) is 15.2. The topological polar surface area (TPSA) is 103 Å². The van der Waals surface area contributed by atoms with E-state index in [1.54, 1.807) is 13.1 Å². The molecule has 1 aromatic heterocycles. The monoisotopic (exact) mass is 433 g/mol. The van der Waals surface area contributed by atoms with Crippen LogP contribution in [0.1, 0.15) is 12.0 Å². The summed E-state index contributed by atoms with van der Waals surface area (Å²) < 4.78 is 6.67. The van der Waals surface area contributed by atoms with Crippen LogP contribution in [0.25, 0.3) is 22.2 Å². The van der Waals surface area contributed by atoms with Gasteiger partial charge in [0, 0.05) is 45.6 Å². The van der Waals surface area contributed by atoms with Gasteiger partial charge in [0.25, 0.3) is 0 Å². The van der Waals surface area contributed by atoms with E-state index >= 15 is 0 Å². The van der Waals surface area contributed by atoms with Gasteiger partial charge in [0.1, 0.15) is 6.04 Å². The molecule has 1 aliphatic rings. The molecule has 2 heterocycles. The molecule has 32 heavy (non-hydrogen) atoms. The Morgan fingerprint density at radius 3 is 2.72 bits per heavy atom. The van der Waals surface area contributed by atoms with E-state index < -0.39 is 6.04 Å². The minimum atomic E-state index is -0.577. The molecule has 0 saturated carbocycles.